The summed E-state index contributed by atoms with van der Waals surface area (Å²) in [5.74, 6) is 0. The van der Waals surface area contributed by atoms with Gasteiger partial charge in [0, 0.05) is 11.1 Å². The van der Waals surface area contributed by atoms with Gasteiger partial charge in [-0.2, -0.15) is 0 Å². The lowest BCUT2D eigenvalue weighted by atomic mass is 10.1. The van der Waals surface area contributed by atoms with Crippen molar-refractivity contribution in [2.45, 2.75) is 83.0 Å². The van der Waals surface area contributed by atoms with E-state index in [0.717, 1.165) is 12.8 Å². The molecule has 0 saturated heterocycles. The van der Waals surface area contributed by atoms with Crippen LogP contribution in [0.2, 0.25) is 12.6 Å². The largest absolute Gasteiger partial charge is 0.332 e. The molecule has 2 heteroatoms. The Hall–Kier alpha value is -1.38. The monoisotopic (exact) mass is 381 g/mol. The molecule has 0 spiro atoms. The average molecular weight is 382 g/mol. The Kier molecular flexibility index (Phi) is 7.87. The zero-order valence-electron chi connectivity index (χ0n) is 18.0. The first-order valence-corrected chi connectivity index (χ1v) is 13.4. The van der Waals surface area contributed by atoms with Gasteiger partial charge >= 0.3 is 0 Å². The van der Waals surface area contributed by atoms with E-state index in [2.05, 4.69) is 81.9 Å². The van der Waals surface area contributed by atoms with Crippen molar-refractivity contribution in [1.29, 1.82) is 0 Å². The van der Waals surface area contributed by atoms with Gasteiger partial charge in [0.05, 0.1) is 0 Å². The fraction of sp³-hybridized carbons (Fsp3) is 0.520. The number of allylic oxidation sites excluding steroid dienone is 3. The molecule has 1 aromatic carbocycles. The van der Waals surface area contributed by atoms with Crippen LogP contribution < -0.4 is 4.98 Å². The zero-order chi connectivity index (χ0) is 19.9. The molecule has 2 atom stereocenters. The van der Waals surface area contributed by atoms with Gasteiger partial charge < -0.3 is 4.98 Å². The first-order valence-electron chi connectivity index (χ1n) is 10.6. The second kappa shape index (κ2) is 9.70. The highest BCUT2D eigenvalue weighted by Crippen LogP contribution is 2.45. The van der Waals surface area contributed by atoms with Gasteiger partial charge in [0.2, 0.25) is 0 Å². The highest BCUT2D eigenvalue weighted by molar-refractivity contribution is 6.78. The third kappa shape index (κ3) is 6.05. The van der Waals surface area contributed by atoms with Crippen molar-refractivity contribution < 1.29 is 0 Å². The molecule has 1 N–H and O–H groups in total. The SMILES string of the molecule is C=CCCCCCC[Si](C)(NC(C)(C)C)C1C(CC=C)=Cc2ccccc21. The first kappa shape index (κ1) is 21.9. The van der Waals surface area contributed by atoms with E-state index in [1.165, 1.54) is 42.9 Å². The van der Waals surface area contributed by atoms with Gasteiger partial charge in [-0.15, -0.1) is 13.2 Å². The van der Waals surface area contributed by atoms with E-state index in [4.69, 9.17) is 0 Å². The highest BCUT2D eigenvalue weighted by atomic mass is 28.3. The summed E-state index contributed by atoms with van der Waals surface area (Å²) in [6.45, 7) is 17.4. The van der Waals surface area contributed by atoms with Gasteiger partial charge in [0.15, 0.2) is 0 Å². The maximum Gasteiger partial charge on any atom is 0.134 e. The molecule has 1 nitrogen and oxygen atoms in total. The smallest absolute Gasteiger partial charge is 0.134 e. The summed E-state index contributed by atoms with van der Waals surface area (Å²) in [7, 11) is -1.76. The topological polar surface area (TPSA) is 12.0 Å². The van der Waals surface area contributed by atoms with E-state index in [9.17, 15) is 0 Å². The summed E-state index contributed by atoms with van der Waals surface area (Å²) in [5.41, 5.74) is 5.20. The second-order valence-corrected chi connectivity index (χ2v) is 13.5. The Morgan fingerprint density at radius 3 is 2.41 bits per heavy atom. The van der Waals surface area contributed by atoms with E-state index < -0.39 is 8.24 Å². The van der Waals surface area contributed by atoms with E-state index >= 15 is 0 Å². The Balaban J connectivity index is 2.24. The molecule has 1 aromatic rings. The lowest BCUT2D eigenvalue weighted by Crippen LogP contribution is -2.60. The molecule has 148 valence electrons. The summed E-state index contributed by atoms with van der Waals surface area (Å²) >= 11 is 0. The fourth-order valence-electron chi connectivity index (χ4n) is 4.75. The summed E-state index contributed by atoms with van der Waals surface area (Å²) in [6.07, 6.45) is 13.9. The minimum atomic E-state index is -1.76. The molecule has 0 aromatic heterocycles. The summed E-state index contributed by atoms with van der Waals surface area (Å²) in [6, 6.07) is 10.3. The second-order valence-electron chi connectivity index (χ2n) is 9.31. The number of fused-ring (bicyclic) bond motifs is 1. The number of rotatable bonds is 11. The minimum Gasteiger partial charge on any atom is -0.332 e. The van der Waals surface area contributed by atoms with Crippen LogP contribution in [0.3, 0.4) is 0 Å². The van der Waals surface area contributed by atoms with Crippen LogP contribution in [-0.4, -0.2) is 13.8 Å². The quantitative estimate of drug-likeness (QED) is 0.239. The number of hydrogen-bond donors (Lipinski definition) is 1. The van der Waals surface area contributed by atoms with E-state index in [0.29, 0.717) is 5.54 Å². The Morgan fingerprint density at radius 1 is 1.04 bits per heavy atom. The van der Waals surface area contributed by atoms with Crippen LogP contribution in [0.25, 0.3) is 6.08 Å². The first-order chi connectivity index (χ1) is 12.8. The third-order valence-corrected chi connectivity index (χ3v) is 10.2. The number of nitrogens with one attached hydrogen (secondary N) is 1. The van der Waals surface area contributed by atoms with Gasteiger partial charge in [0.1, 0.15) is 8.24 Å². The molecule has 0 saturated carbocycles. The predicted molar refractivity (Wildman–Crippen MR) is 125 cm³/mol. The molecule has 1 aliphatic rings. The number of benzene rings is 1. The molecule has 27 heavy (non-hydrogen) atoms. The molecule has 0 aliphatic heterocycles. The Morgan fingerprint density at radius 2 is 1.74 bits per heavy atom. The minimum absolute atomic E-state index is 0.140. The van der Waals surface area contributed by atoms with Crippen molar-refractivity contribution in [3.05, 3.63) is 66.3 Å². The third-order valence-electron chi connectivity index (χ3n) is 5.55. The van der Waals surface area contributed by atoms with Crippen LogP contribution in [0.4, 0.5) is 0 Å². The molecular formula is C25H39NSi. The summed E-state index contributed by atoms with van der Waals surface area (Å²) < 4.78 is 0. The molecule has 0 radical (unpaired) electrons. The van der Waals surface area contributed by atoms with Crippen molar-refractivity contribution in [1.82, 2.24) is 4.98 Å². The fourth-order valence-corrected chi connectivity index (χ4v) is 9.98. The predicted octanol–water partition coefficient (Wildman–Crippen LogP) is 7.38. The molecule has 0 amide bonds. The van der Waals surface area contributed by atoms with Gasteiger partial charge in [0.25, 0.3) is 0 Å². The van der Waals surface area contributed by atoms with Crippen molar-refractivity contribution in [3.63, 3.8) is 0 Å². The molecule has 0 heterocycles. The number of hydrogen-bond acceptors (Lipinski definition) is 1. The average Bonchev–Trinajstić information content (AvgIpc) is 2.95. The summed E-state index contributed by atoms with van der Waals surface area (Å²) in [5, 5.41) is 0. The molecule has 0 bridgehead atoms. The van der Waals surface area contributed by atoms with Crippen LogP contribution in [-0.2, 0) is 0 Å². The van der Waals surface area contributed by atoms with E-state index in [1.54, 1.807) is 5.57 Å². The molecule has 1 aliphatic carbocycles. The lowest BCUT2D eigenvalue weighted by molar-refractivity contribution is 0.502. The highest BCUT2D eigenvalue weighted by Gasteiger charge is 2.44. The van der Waals surface area contributed by atoms with Gasteiger partial charge in [-0.3, -0.25) is 0 Å². The molecule has 0 fully saturated rings. The van der Waals surface area contributed by atoms with E-state index in [1.807, 2.05) is 6.08 Å². The van der Waals surface area contributed by atoms with Crippen molar-refractivity contribution in [3.8, 4) is 0 Å². The van der Waals surface area contributed by atoms with Crippen LogP contribution in [0.5, 0.6) is 0 Å². The number of unbranched alkanes of at least 4 members (excludes halogenated alkanes) is 4. The maximum absolute atomic E-state index is 4.15. The normalized spacial score (nSPS) is 18.5. The lowest BCUT2D eigenvalue weighted by Gasteiger charge is -2.42. The molecule has 2 unspecified atom stereocenters. The van der Waals surface area contributed by atoms with E-state index in [-0.39, 0.29) is 5.54 Å². The van der Waals surface area contributed by atoms with Crippen molar-refractivity contribution in [2.24, 2.45) is 0 Å². The van der Waals surface area contributed by atoms with Crippen LogP contribution in [0, 0.1) is 0 Å². The Bertz CT molecular complexity index is 667. The van der Waals surface area contributed by atoms with Crippen molar-refractivity contribution in [2.75, 3.05) is 0 Å². The van der Waals surface area contributed by atoms with Crippen LogP contribution >= 0.6 is 0 Å². The van der Waals surface area contributed by atoms with Crippen LogP contribution in [0.1, 0.15) is 76.0 Å². The zero-order valence-corrected chi connectivity index (χ0v) is 19.0. The standard InChI is InChI=1S/C25H39NSi/c1-7-9-10-11-12-15-19-27(6,26-25(3,4)5)24-22(16-8-2)20-21-17-13-14-18-23(21)24/h7-8,13-14,17-18,20,24,26H,1-2,9-12,15-16,19H2,3-6H3. The van der Waals surface area contributed by atoms with Gasteiger partial charge in [-0.05, 0) is 57.2 Å². The van der Waals surface area contributed by atoms with Gasteiger partial charge in [-0.25, -0.2) is 0 Å². The molecule has 2 rings (SSSR count). The van der Waals surface area contributed by atoms with Gasteiger partial charge in [-0.1, -0.05) is 73.9 Å². The van der Waals surface area contributed by atoms with Crippen molar-refractivity contribution >= 4 is 14.3 Å². The van der Waals surface area contributed by atoms with Crippen LogP contribution in [0.15, 0.2) is 55.1 Å². The maximum atomic E-state index is 4.15. The Labute approximate surface area is 168 Å². The molecular weight excluding hydrogens is 342 g/mol. The summed E-state index contributed by atoms with van der Waals surface area (Å²) in [4.78, 5) is 4.15.